The number of aliphatic hydroxyl groups excluding tert-OH is 1. The summed E-state index contributed by atoms with van der Waals surface area (Å²) >= 11 is 5.39. The lowest BCUT2D eigenvalue weighted by Gasteiger charge is -2.10. The summed E-state index contributed by atoms with van der Waals surface area (Å²) in [6, 6.07) is 5.74. The SMILES string of the molecule is N#Cc1cc(F)cc(NCC(O)CCl)c1. The Bertz CT molecular complexity index is 378. The monoisotopic (exact) mass is 228 g/mol. The van der Waals surface area contributed by atoms with Gasteiger partial charge in [0.2, 0.25) is 0 Å². The van der Waals surface area contributed by atoms with Crippen molar-refractivity contribution in [3.05, 3.63) is 29.6 Å². The van der Waals surface area contributed by atoms with E-state index < -0.39 is 11.9 Å². The van der Waals surface area contributed by atoms with Crippen LogP contribution in [0.15, 0.2) is 18.2 Å². The molecule has 0 fully saturated rings. The van der Waals surface area contributed by atoms with Crippen LogP contribution >= 0.6 is 11.6 Å². The van der Waals surface area contributed by atoms with Crippen molar-refractivity contribution in [3.8, 4) is 6.07 Å². The Balaban J connectivity index is 2.69. The van der Waals surface area contributed by atoms with Crippen LogP contribution in [0.3, 0.4) is 0 Å². The highest BCUT2D eigenvalue weighted by Gasteiger charge is 2.03. The lowest BCUT2D eigenvalue weighted by atomic mass is 10.2. The van der Waals surface area contributed by atoms with Gasteiger partial charge >= 0.3 is 0 Å². The highest BCUT2D eigenvalue weighted by Crippen LogP contribution is 2.13. The molecule has 1 aromatic carbocycles. The molecule has 0 radical (unpaired) electrons. The van der Waals surface area contributed by atoms with Gasteiger partial charge in [0.15, 0.2) is 0 Å². The van der Waals surface area contributed by atoms with Crippen molar-refractivity contribution < 1.29 is 9.50 Å². The third kappa shape index (κ3) is 3.74. The second-order valence-corrected chi connectivity index (χ2v) is 3.34. The molecule has 2 N–H and O–H groups in total. The van der Waals surface area contributed by atoms with E-state index in [1.165, 1.54) is 12.1 Å². The van der Waals surface area contributed by atoms with Crippen LogP contribution in [0.4, 0.5) is 10.1 Å². The molecule has 1 atom stereocenters. The Morgan fingerprint density at radius 3 is 2.87 bits per heavy atom. The lowest BCUT2D eigenvalue weighted by molar-refractivity contribution is 0.211. The highest BCUT2D eigenvalue weighted by atomic mass is 35.5. The minimum absolute atomic E-state index is 0.105. The average Bonchev–Trinajstić information content (AvgIpc) is 2.25. The smallest absolute Gasteiger partial charge is 0.126 e. The quantitative estimate of drug-likeness (QED) is 0.772. The first-order valence-electron chi connectivity index (χ1n) is 4.34. The first kappa shape index (κ1) is 11.8. The van der Waals surface area contributed by atoms with E-state index in [4.69, 9.17) is 22.0 Å². The largest absolute Gasteiger partial charge is 0.390 e. The van der Waals surface area contributed by atoms with Gasteiger partial charge in [-0.3, -0.25) is 0 Å². The Morgan fingerprint density at radius 1 is 1.53 bits per heavy atom. The van der Waals surface area contributed by atoms with E-state index in [-0.39, 0.29) is 18.0 Å². The zero-order valence-corrected chi connectivity index (χ0v) is 8.63. The average molecular weight is 229 g/mol. The van der Waals surface area contributed by atoms with Crippen LogP contribution < -0.4 is 5.32 Å². The molecule has 0 aliphatic carbocycles. The molecule has 0 aliphatic rings. The standard InChI is InChI=1S/C10H10ClFN2O/c11-4-10(15)6-14-9-2-7(5-13)1-8(12)3-9/h1-3,10,14-15H,4,6H2. The summed E-state index contributed by atoms with van der Waals surface area (Å²) in [5, 5.41) is 20.5. The first-order chi connectivity index (χ1) is 7.15. The van der Waals surface area contributed by atoms with Gasteiger partial charge < -0.3 is 10.4 Å². The summed E-state index contributed by atoms with van der Waals surface area (Å²) in [5.74, 6) is -0.384. The third-order valence-corrected chi connectivity index (χ3v) is 2.10. The molecule has 1 unspecified atom stereocenters. The maximum atomic E-state index is 12.9. The van der Waals surface area contributed by atoms with Crippen LogP contribution in [0, 0.1) is 17.1 Å². The summed E-state index contributed by atoms with van der Waals surface area (Å²) in [7, 11) is 0. The number of nitriles is 1. The Morgan fingerprint density at radius 2 is 2.27 bits per heavy atom. The fraction of sp³-hybridized carbons (Fsp3) is 0.300. The van der Waals surface area contributed by atoms with Crippen molar-refractivity contribution in [2.45, 2.75) is 6.10 Å². The number of nitrogens with one attached hydrogen (secondary N) is 1. The molecule has 0 amide bonds. The molecule has 0 aliphatic heterocycles. The predicted molar refractivity (Wildman–Crippen MR) is 56.3 cm³/mol. The van der Waals surface area contributed by atoms with Crippen LogP contribution in [0.5, 0.6) is 0 Å². The van der Waals surface area contributed by atoms with Crippen molar-refractivity contribution in [2.24, 2.45) is 0 Å². The maximum Gasteiger partial charge on any atom is 0.126 e. The van der Waals surface area contributed by atoms with Crippen molar-refractivity contribution in [1.82, 2.24) is 0 Å². The zero-order valence-electron chi connectivity index (χ0n) is 7.87. The van der Waals surface area contributed by atoms with E-state index in [1.54, 1.807) is 0 Å². The maximum absolute atomic E-state index is 12.9. The number of aliphatic hydroxyl groups is 1. The van der Waals surface area contributed by atoms with Crippen molar-refractivity contribution in [3.63, 3.8) is 0 Å². The van der Waals surface area contributed by atoms with Gasteiger partial charge in [-0.05, 0) is 18.2 Å². The van der Waals surface area contributed by atoms with E-state index in [1.807, 2.05) is 6.07 Å². The molecule has 0 saturated heterocycles. The van der Waals surface area contributed by atoms with E-state index in [0.29, 0.717) is 5.69 Å². The van der Waals surface area contributed by atoms with Gasteiger partial charge in [0.25, 0.3) is 0 Å². The summed E-state index contributed by atoms with van der Waals surface area (Å²) in [5.41, 5.74) is 0.688. The van der Waals surface area contributed by atoms with Crippen LogP contribution in [-0.4, -0.2) is 23.6 Å². The fourth-order valence-corrected chi connectivity index (χ4v) is 1.16. The van der Waals surface area contributed by atoms with Gasteiger partial charge in [0.05, 0.1) is 23.6 Å². The summed E-state index contributed by atoms with van der Waals surface area (Å²) in [6.45, 7) is 0.220. The van der Waals surface area contributed by atoms with E-state index in [9.17, 15) is 4.39 Å². The molecule has 1 aromatic rings. The normalized spacial score (nSPS) is 11.9. The van der Waals surface area contributed by atoms with Crippen LogP contribution in [0.2, 0.25) is 0 Å². The topological polar surface area (TPSA) is 56.0 Å². The molecule has 0 spiro atoms. The van der Waals surface area contributed by atoms with E-state index >= 15 is 0 Å². The number of benzene rings is 1. The number of halogens is 2. The third-order valence-electron chi connectivity index (χ3n) is 1.75. The number of rotatable bonds is 4. The number of nitrogens with zero attached hydrogens (tertiary/aromatic N) is 1. The molecule has 1 rings (SSSR count). The van der Waals surface area contributed by atoms with Crippen molar-refractivity contribution >= 4 is 17.3 Å². The Labute approximate surface area is 92.1 Å². The minimum Gasteiger partial charge on any atom is -0.390 e. The van der Waals surface area contributed by atoms with Crippen LogP contribution in [-0.2, 0) is 0 Å². The van der Waals surface area contributed by atoms with Crippen LogP contribution in [0.1, 0.15) is 5.56 Å². The van der Waals surface area contributed by atoms with Gasteiger partial charge in [0, 0.05) is 12.2 Å². The predicted octanol–water partition coefficient (Wildman–Crippen LogP) is 1.71. The second-order valence-electron chi connectivity index (χ2n) is 3.03. The molecular weight excluding hydrogens is 219 g/mol. The van der Waals surface area contributed by atoms with E-state index in [0.717, 1.165) is 6.07 Å². The molecular formula is C10H10ClFN2O. The molecule has 3 nitrogen and oxygen atoms in total. The molecule has 0 bridgehead atoms. The van der Waals surface area contributed by atoms with Gasteiger partial charge in [0.1, 0.15) is 5.82 Å². The van der Waals surface area contributed by atoms with E-state index in [2.05, 4.69) is 5.32 Å². The molecule has 0 heterocycles. The number of hydrogen-bond acceptors (Lipinski definition) is 3. The van der Waals surface area contributed by atoms with Crippen LogP contribution in [0.25, 0.3) is 0 Å². The molecule has 0 saturated carbocycles. The lowest BCUT2D eigenvalue weighted by Crippen LogP contribution is -2.20. The molecule has 80 valence electrons. The summed E-state index contributed by atoms with van der Waals surface area (Å²) in [4.78, 5) is 0. The second kappa shape index (κ2) is 5.54. The van der Waals surface area contributed by atoms with Gasteiger partial charge in [-0.1, -0.05) is 0 Å². The molecule has 0 aromatic heterocycles. The Kier molecular flexibility index (Phi) is 4.35. The summed E-state index contributed by atoms with van der Waals surface area (Å²) < 4.78 is 12.9. The highest BCUT2D eigenvalue weighted by molar-refractivity contribution is 6.18. The van der Waals surface area contributed by atoms with Gasteiger partial charge in [-0.25, -0.2) is 4.39 Å². The van der Waals surface area contributed by atoms with Gasteiger partial charge in [-0.15, -0.1) is 11.6 Å². The molecule has 5 heteroatoms. The van der Waals surface area contributed by atoms with Crippen molar-refractivity contribution in [2.75, 3.05) is 17.7 Å². The number of anilines is 1. The zero-order chi connectivity index (χ0) is 11.3. The van der Waals surface area contributed by atoms with Gasteiger partial charge in [-0.2, -0.15) is 5.26 Å². The number of hydrogen-bond donors (Lipinski definition) is 2. The van der Waals surface area contributed by atoms with Crippen molar-refractivity contribution in [1.29, 1.82) is 5.26 Å². The Hall–Kier alpha value is -1.31. The number of alkyl halides is 1. The first-order valence-corrected chi connectivity index (χ1v) is 4.87. The fourth-order valence-electron chi connectivity index (χ4n) is 1.05. The molecule has 15 heavy (non-hydrogen) atoms. The minimum atomic E-state index is -0.694. The summed E-state index contributed by atoms with van der Waals surface area (Å²) in [6.07, 6.45) is -0.694.